The molecule has 1 aromatic heterocycles. The highest BCUT2D eigenvalue weighted by molar-refractivity contribution is 5.68. The summed E-state index contributed by atoms with van der Waals surface area (Å²) in [7, 11) is 0. The molecule has 1 fully saturated rings. The van der Waals surface area contributed by atoms with Crippen LogP contribution in [0, 0.1) is 5.92 Å². The zero-order valence-electron chi connectivity index (χ0n) is 38.6. The Kier molecular flexibility index (Phi) is 20.7. The minimum atomic E-state index is -0.628. The first kappa shape index (κ1) is 51.6. The van der Waals surface area contributed by atoms with Crippen molar-refractivity contribution in [2.24, 2.45) is 11.7 Å². The van der Waals surface area contributed by atoms with E-state index in [0.717, 1.165) is 25.9 Å². The molecule has 0 saturated carbocycles. The molecule has 0 unspecified atom stereocenters. The molecular weight excluding hydrogens is 775 g/mol. The first-order valence-electron chi connectivity index (χ1n) is 21.4. The van der Waals surface area contributed by atoms with Gasteiger partial charge in [-0.3, -0.25) is 0 Å². The Balaban J connectivity index is 2.46. The second-order valence-corrected chi connectivity index (χ2v) is 19.0. The fourth-order valence-electron chi connectivity index (χ4n) is 5.86. The van der Waals surface area contributed by atoms with Crippen LogP contribution in [-0.2, 0) is 18.9 Å². The first-order valence-corrected chi connectivity index (χ1v) is 21.4. The molecule has 0 aliphatic carbocycles. The van der Waals surface area contributed by atoms with Crippen LogP contribution in [0.5, 0.6) is 0 Å². The van der Waals surface area contributed by atoms with Crippen molar-refractivity contribution >= 4 is 42.2 Å². The van der Waals surface area contributed by atoms with E-state index in [2.05, 4.69) is 26.2 Å². The van der Waals surface area contributed by atoms with E-state index in [-0.39, 0.29) is 0 Å². The van der Waals surface area contributed by atoms with Crippen LogP contribution in [0.3, 0.4) is 0 Å². The number of amides is 4. The van der Waals surface area contributed by atoms with E-state index in [1.807, 2.05) is 92.9 Å². The number of rotatable bonds is 20. The van der Waals surface area contributed by atoms with Crippen LogP contribution in [0.2, 0.25) is 0 Å². The van der Waals surface area contributed by atoms with Crippen LogP contribution in [0.1, 0.15) is 122 Å². The molecule has 0 atom stereocenters. The summed E-state index contributed by atoms with van der Waals surface area (Å²) in [5.74, 6) is 1.82. The highest BCUT2D eigenvalue weighted by Gasteiger charge is 2.25. The average Bonchev–Trinajstić information content (AvgIpc) is 3.10. The van der Waals surface area contributed by atoms with E-state index in [0.29, 0.717) is 108 Å². The lowest BCUT2D eigenvalue weighted by molar-refractivity contribution is 0.0515. The minimum absolute atomic E-state index is 0.348. The molecule has 344 valence electrons. The predicted molar refractivity (Wildman–Crippen MR) is 234 cm³/mol. The highest BCUT2D eigenvalue weighted by atomic mass is 16.6. The molecule has 60 heavy (non-hydrogen) atoms. The van der Waals surface area contributed by atoms with Crippen molar-refractivity contribution in [1.29, 1.82) is 0 Å². The lowest BCUT2D eigenvalue weighted by atomic mass is 9.97. The number of alkyl carbamates (subject to hydrolysis) is 4. The zero-order chi connectivity index (χ0) is 45.1. The number of nitrogens with one attached hydrogen (secondary N) is 4. The molecule has 4 amide bonds. The number of nitrogens with zero attached hydrogens (tertiary/aromatic N) is 6. The predicted octanol–water partition coefficient (Wildman–Crippen LogP) is 5.32. The summed E-state index contributed by atoms with van der Waals surface area (Å²) >= 11 is 0. The third kappa shape index (κ3) is 23.3. The number of carbonyl (C=O) groups is 4. The van der Waals surface area contributed by atoms with E-state index in [4.69, 9.17) is 39.6 Å². The number of hydrogen-bond donors (Lipinski definition) is 5. The summed E-state index contributed by atoms with van der Waals surface area (Å²) < 4.78 is 21.7. The van der Waals surface area contributed by atoms with Gasteiger partial charge in [-0.15, -0.1) is 0 Å². The van der Waals surface area contributed by atoms with Crippen LogP contribution < -0.4 is 41.7 Å². The molecule has 19 heteroatoms. The number of aromatic nitrogens is 3. The number of nitrogens with two attached hydrogens (primary N) is 1. The topological polar surface area (TPSA) is 228 Å². The van der Waals surface area contributed by atoms with Crippen molar-refractivity contribution in [3.8, 4) is 0 Å². The minimum Gasteiger partial charge on any atom is -0.444 e. The third-order valence-corrected chi connectivity index (χ3v) is 8.49. The normalized spacial score (nSPS) is 13.8. The Morgan fingerprint density at radius 3 is 1.08 bits per heavy atom. The Morgan fingerprint density at radius 2 is 0.833 bits per heavy atom. The first-order chi connectivity index (χ1) is 27.8. The third-order valence-electron chi connectivity index (χ3n) is 8.49. The summed E-state index contributed by atoms with van der Waals surface area (Å²) in [5.41, 5.74) is 3.52. The standard InChI is InChI=1S/C41H77N11O8/c1-38(2,3)57-34(53)43-19-13-23-50(24-14-20-44-35(54)58-39(4,5)6)31-47-32(49-33(48-31)52-27-17-30(29-42)18-28-52)51(25-15-21-45-36(55)59-40(7,8)9)26-16-22-46-37(56)60-41(10,11)12/h30H,13-29,42H2,1-12H3,(H,43,53)(H,44,54)(H,45,55)(H,46,56). The lowest BCUT2D eigenvalue weighted by Gasteiger charge is -2.33. The van der Waals surface area contributed by atoms with E-state index in [1.54, 1.807) is 0 Å². The van der Waals surface area contributed by atoms with Crippen molar-refractivity contribution < 1.29 is 38.1 Å². The molecule has 0 aromatic carbocycles. The van der Waals surface area contributed by atoms with Gasteiger partial charge in [-0.25, -0.2) is 19.2 Å². The molecule has 2 heterocycles. The Hall–Kier alpha value is -4.55. The van der Waals surface area contributed by atoms with Crippen LogP contribution >= 0.6 is 0 Å². The van der Waals surface area contributed by atoms with E-state index in [1.165, 1.54) is 0 Å². The maximum atomic E-state index is 12.4. The van der Waals surface area contributed by atoms with Crippen molar-refractivity contribution in [2.45, 2.75) is 144 Å². The maximum Gasteiger partial charge on any atom is 0.407 e. The molecule has 1 saturated heterocycles. The number of ether oxygens (including phenoxy) is 4. The van der Waals surface area contributed by atoms with Gasteiger partial charge >= 0.3 is 24.4 Å². The van der Waals surface area contributed by atoms with Gasteiger partial charge in [0.1, 0.15) is 22.4 Å². The summed E-state index contributed by atoms with van der Waals surface area (Å²) in [6, 6.07) is 0. The van der Waals surface area contributed by atoms with E-state index < -0.39 is 46.8 Å². The molecule has 0 radical (unpaired) electrons. The molecule has 1 aliphatic rings. The lowest BCUT2D eigenvalue weighted by Crippen LogP contribution is -2.40. The fraction of sp³-hybridized carbons (Fsp3) is 0.829. The van der Waals surface area contributed by atoms with Gasteiger partial charge in [0.05, 0.1) is 0 Å². The molecule has 6 N–H and O–H groups in total. The second-order valence-electron chi connectivity index (χ2n) is 19.0. The Labute approximate surface area is 358 Å². The van der Waals surface area contributed by atoms with Crippen molar-refractivity contribution in [3.63, 3.8) is 0 Å². The summed E-state index contributed by atoms with van der Waals surface area (Å²) in [5, 5.41) is 11.3. The molecule has 0 spiro atoms. The average molecular weight is 852 g/mol. The maximum absolute atomic E-state index is 12.4. The van der Waals surface area contributed by atoms with Crippen LogP contribution in [0.15, 0.2) is 0 Å². The van der Waals surface area contributed by atoms with Crippen LogP contribution in [0.4, 0.5) is 37.0 Å². The number of carbonyl (C=O) groups excluding carboxylic acids is 4. The monoisotopic (exact) mass is 852 g/mol. The molecule has 2 rings (SSSR count). The number of piperidine rings is 1. The van der Waals surface area contributed by atoms with Gasteiger partial charge in [-0.2, -0.15) is 15.0 Å². The van der Waals surface area contributed by atoms with Crippen LogP contribution in [0.25, 0.3) is 0 Å². The second kappa shape index (κ2) is 24.0. The van der Waals surface area contributed by atoms with Gasteiger partial charge in [0.15, 0.2) is 0 Å². The van der Waals surface area contributed by atoms with E-state index >= 15 is 0 Å². The van der Waals surface area contributed by atoms with Crippen LogP contribution in [-0.4, -0.2) is 134 Å². The van der Waals surface area contributed by atoms with Gasteiger partial charge < -0.3 is 60.6 Å². The Morgan fingerprint density at radius 1 is 0.550 bits per heavy atom. The van der Waals surface area contributed by atoms with Crippen molar-refractivity contribution in [3.05, 3.63) is 0 Å². The highest BCUT2D eigenvalue weighted by Crippen LogP contribution is 2.25. The van der Waals surface area contributed by atoms with Gasteiger partial charge in [0.25, 0.3) is 0 Å². The molecular formula is C41H77N11O8. The molecule has 0 bridgehead atoms. The summed E-state index contributed by atoms with van der Waals surface area (Å²) in [6.45, 7) is 27.1. The molecule has 1 aliphatic heterocycles. The van der Waals surface area contributed by atoms with Crippen molar-refractivity contribution in [2.75, 3.05) is 86.7 Å². The SMILES string of the molecule is CC(C)(C)OC(=O)NCCCN(CCCNC(=O)OC(C)(C)C)c1nc(N(CCCNC(=O)OC(C)(C)C)CCCNC(=O)OC(C)(C)C)nc(N2CCC(CN)CC2)n1. The molecule has 1 aromatic rings. The fourth-order valence-corrected chi connectivity index (χ4v) is 5.86. The van der Waals surface area contributed by atoms with Gasteiger partial charge in [-0.1, -0.05) is 0 Å². The smallest absolute Gasteiger partial charge is 0.407 e. The number of hydrogen-bond acceptors (Lipinski definition) is 15. The van der Waals surface area contributed by atoms with Gasteiger partial charge in [0.2, 0.25) is 17.8 Å². The zero-order valence-corrected chi connectivity index (χ0v) is 38.6. The number of anilines is 3. The van der Waals surface area contributed by atoms with E-state index in [9.17, 15) is 19.2 Å². The summed E-state index contributed by atoms with van der Waals surface area (Å²) in [6.07, 6.45) is 2.00. The quantitative estimate of drug-likeness (QED) is 0.0827. The molecule has 19 nitrogen and oxygen atoms in total. The van der Waals surface area contributed by atoms with Gasteiger partial charge in [0, 0.05) is 65.4 Å². The largest absolute Gasteiger partial charge is 0.444 e. The Bertz CT molecular complexity index is 1310. The van der Waals surface area contributed by atoms with Crippen molar-refractivity contribution in [1.82, 2.24) is 36.2 Å². The summed E-state index contributed by atoms with van der Waals surface area (Å²) in [4.78, 5) is 71.0. The van der Waals surface area contributed by atoms with Gasteiger partial charge in [-0.05, 0) is 134 Å².